The Bertz CT molecular complexity index is 500. The Morgan fingerprint density at radius 1 is 1.05 bits per heavy atom. The fraction of sp³-hybridized carbons (Fsp3) is 0.294. The van der Waals surface area contributed by atoms with Crippen LogP contribution < -0.4 is 11.1 Å². The first-order chi connectivity index (χ1) is 9.16. The third-order valence-electron chi connectivity index (χ3n) is 3.40. The van der Waals surface area contributed by atoms with E-state index < -0.39 is 0 Å². The molecule has 0 saturated heterocycles. The van der Waals surface area contributed by atoms with Gasteiger partial charge >= 0.3 is 0 Å². The number of nitrogens with one attached hydrogen (secondary N) is 1. The molecular formula is C17H22N2. The first kappa shape index (κ1) is 13.5. The molecule has 2 heteroatoms. The van der Waals surface area contributed by atoms with Crippen LogP contribution in [0.3, 0.4) is 0 Å². The number of anilines is 2. The molecule has 0 aliphatic heterocycles. The average molecular weight is 254 g/mol. The van der Waals surface area contributed by atoms with Gasteiger partial charge in [-0.25, -0.2) is 0 Å². The molecule has 0 aliphatic rings. The van der Waals surface area contributed by atoms with Crippen LogP contribution in [0.4, 0.5) is 11.4 Å². The molecule has 0 spiro atoms. The maximum atomic E-state index is 6.01. The summed E-state index contributed by atoms with van der Waals surface area (Å²) in [5, 5.41) is 3.52. The van der Waals surface area contributed by atoms with E-state index in [9.17, 15) is 0 Å². The molecule has 1 unspecified atom stereocenters. The highest BCUT2D eigenvalue weighted by Gasteiger charge is 2.07. The normalized spacial score (nSPS) is 12.1. The maximum absolute atomic E-state index is 6.01. The topological polar surface area (TPSA) is 38.0 Å². The molecule has 0 fully saturated rings. The van der Waals surface area contributed by atoms with Gasteiger partial charge in [-0.2, -0.15) is 0 Å². The molecule has 2 nitrogen and oxygen atoms in total. The zero-order valence-corrected chi connectivity index (χ0v) is 11.7. The van der Waals surface area contributed by atoms with E-state index in [1.165, 1.54) is 11.1 Å². The minimum absolute atomic E-state index is 0.406. The number of rotatable bonds is 5. The number of aryl methyl sites for hydroxylation is 2. The fourth-order valence-corrected chi connectivity index (χ4v) is 2.23. The van der Waals surface area contributed by atoms with Crippen molar-refractivity contribution >= 4 is 11.4 Å². The van der Waals surface area contributed by atoms with Gasteiger partial charge in [0.05, 0.1) is 11.4 Å². The quantitative estimate of drug-likeness (QED) is 0.791. The third kappa shape index (κ3) is 3.75. The molecule has 2 rings (SSSR count). The molecule has 19 heavy (non-hydrogen) atoms. The fourth-order valence-electron chi connectivity index (χ4n) is 2.23. The highest BCUT2D eigenvalue weighted by atomic mass is 14.9. The Morgan fingerprint density at radius 2 is 1.79 bits per heavy atom. The van der Waals surface area contributed by atoms with Gasteiger partial charge in [0.25, 0.3) is 0 Å². The molecule has 2 aromatic carbocycles. The summed E-state index contributed by atoms with van der Waals surface area (Å²) in [6.07, 6.45) is 2.18. The van der Waals surface area contributed by atoms with Crippen LogP contribution in [-0.2, 0) is 6.42 Å². The van der Waals surface area contributed by atoms with Gasteiger partial charge in [0.1, 0.15) is 0 Å². The van der Waals surface area contributed by atoms with Crippen LogP contribution in [0.1, 0.15) is 24.5 Å². The van der Waals surface area contributed by atoms with Gasteiger partial charge in [-0.1, -0.05) is 42.5 Å². The van der Waals surface area contributed by atoms with Crippen LogP contribution in [0, 0.1) is 6.92 Å². The lowest BCUT2D eigenvalue weighted by atomic mass is 10.1. The standard InChI is InChI=1S/C17H22N2/c1-13-7-6-10-16(18)17(13)19-14(2)11-12-15-8-4-3-5-9-15/h3-10,14,19H,11-12,18H2,1-2H3. The summed E-state index contributed by atoms with van der Waals surface area (Å²) >= 11 is 0. The summed E-state index contributed by atoms with van der Waals surface area (Å²) in [6, 6.07) is 17.0. The number of benzene rings is 2. The molecule has 3 N–H and O–H groups in total. The lowest BCUT2D eigenvalue weighted by Gasteiger charge is -2.18. The monoisotopic (exact) mass is 254 g/mol. The molecule has 0 saturated carbocycles. The second-order valence-corrected chi connectivity index (χ2v) is 5.11. The molecule has 0 aromatic heterocycles. The van der Waals surface area contributed by atoms with Gasteiger partial charge in [0.2, 0.25) is 0 Å². The van der Waals surface area contributed by atoms with E-state index in [1.807, 2.05) is 12.1 Å². The number of hydrogen-bond donors (Lipinski definition) is 2. The lowest BCUT2D eigenvalue weighted by Crippen LogP contribution is -2.17. The van der Waals surface area contributed by atoms with E-state index >= 15 is 0 Å². The Labute approximate surface area is 115 Å². The number of hydrogen-bond acceptors (Lipinski definition) is 2. The Morgan fingerprint density at radius 3 is 2.47 bits per heavy atom. The third-order valence-corrected chi connectivity index (χ3v) is 3.40. The summed E-state index contributed by atoms with van der Waals surface area (Å²) in [6.45, 7) is 4.29. The van der Waals surface area contributed by atoms with Crippen molar-refractivity contribution in [3.63, 3.8) is 0 Å². The van der Waals surface area contributed by atoms with Crippen molar-refractivity contribution in [2.24, 2.45) is 0 Å². The number of para-hydroxylation sites is 1. The molecule has 1 atom stereocenters. The number of nitrogen functional groups attached to an aromatic ring is 1. The summed E-state index contributed by atoms with van der Waals surface area (Å²) < 4.78 is 0. The van der Waals surface area contributed by atoms with Crippen molar-refractivity contribution in [3.8, 4) is 0 Å². The van der Waals surface area contributed by atoms with Gasteiger partial charge in [-0.15, -0.1) is 0 Å². The van der Waals surface area contributed by atoms with Crippen LogP contribution in [-0.4, -0.2) is 6.04 Å². The highest BCUT2D eigenvalue weighted by Crippen LogP contribution is 2.24. The van der Waals surface area contributed by atoms with Gasteiger partial charge in [0, 0.05) is 6.04 Å². The van der Waals surface area contributed by atoms with Crippen LogP contribution in [0.15, 0.2) is 48.5 Å². The second kappa shape index (κ2) is 6.28. The van der Waals surface area contributed by atoms with Crippen molar-refractivity contribution in [3.05, 3.63) is 59.7 Å². The number of nitrogens with two attached hydrogens (primary N) is 1. The molecule has 0 aliphatic carbocycles. The van der Waals surface area contributed by atoms with Crippen molar-refractivity contribution in [2.45, 2.75) is 32.7 Å². The van der Waals surface area contributed by atoms with Crippen LogP contribution in [0.2, 0.25) is 0 Å². The van der Waals surface area contributed by atoms with Crippen LogP contribution in [0.25, 0.3) is 0 Å². The smallest absolute Gasteiger partial charge is 0.0605 e. The summed E-state index contributed by atoms with van der Waals surface area (Å²) in [5.41, 5.74) is 10.5. The molecule has 0 radical (unpaired) electrons. The summed E-state index contributed by atoms with van der Waals surface area (Å²) in [7, 11) is 0. The molecule has 2 aromatic rings. The minimum Gasteiger partial charge on any atom is -0.397 e. The first-order valence-electron chi connectivity index (χ1n) is 6.82. The maximum Gasteiger partial charge on any atom is 0.0605 e. The van der Waals surface area contributed by atoms with Crippen molar-refractivity contribution in [2.75, 3.05) is 11.1 Å². The van der Waals surface area contributed by atoms with Gasteiger partial charge in [-0.05, 0) is 43.9 Å². The van der Waals surface area contributed by atoms with E-state index in [1.54, 1.807) is 0 Å². The Balaban J connectivity index is 1.93. The van der Waals surface area contributed by atoms with Crippen LogP contribution in [0.5, 0.6) is 0 Å². The Hall–Kier alpha value is -1.96. The average Bonchev–Trinajstić information content (AvgIpc) is 2.42. The van der Waals surface area contributed by atoms with Crippen molar-refractivity contribution in [1.29, 1.82) is 0 Å². The lowest BCUT2D eigenvalue weighted by molar-refractivity contribution is 0.706. The second-order valence-electron chi connectivity index (χ2n) is 5.11. The van der Waals surface area contributed by atoms with Gasteiger partial charge in [0.15, 0.2) is 0 Å². The van der Waals surface area contributed by atoms with E-state index in [0.717, 1.165) is 24.2 Å². The van der Waals surface area contributed by atoms with Gasteiger partial charge in [-0.3, -0.25) is 0 Å². The SMILES string of the molecule is Cc1cccc(N)c1NC(C)CCc1ccccc1. The molecule has 0 amide bonds. The minimum atomic E-state index is 0.406. The van der Waals surface area contributed by atoms with E-state index in [4.69, 9.17) is 5.73 Å². The predicted octanol–water partition coefficient (Wildman–Crippen LogP) is 4.01. The van der Waals surface area contributed by atoms with E-state index in [2.05, 4.69) is 55.6 Å². The molecular weight excluding hydrogens is 232 g/mol. The van der Waals surface area contributed by atoms with Crippen molar-refractivity contribution < 1.29 is 0 Å². The van der Waals surface area contributed by atoms with Crippen LogP contribution >= 0.6 is 0 Å². The Kier molecular flexibility index (Phi) is 4.45. The summed E-state index contributed by atoms with van der Waals surface area (Å²) in [5.74, 6) is 0. The molecule has 100 valence electrons. The molecule has 0 heterocycles. The van der Waals surface area contributed by atoms with E-state index in [-0.39, 0.29) is 0 Å². The van der Waals surface area contributed by atoms with Crippen molar-refractivity contribution in [1.82, 2.24) is 0 Å². The first-order valence-corrected chi connectivity index (χ1v) is 6.82. The largest absolute Gasteiger partial charge is 0.397 e. The predicted molar refractivity (Wildman–Crippen MR) is 83.4 cm³/mol. The zero-order chi connectivity index (χ0) is 13.7. The zero-order valence-electron chi connectivity index (χ0n) is 11.7. The molecule has 0 bridgehead atoms. The summed E-state index contributed by atoms with van der Waals surface area (Å²) in [4.78, 5) is 0. The highest BCUT2D eigenvalue weighted by molar-refractivity contribution is 5.70. The van der Waals surface area contributed by atoms with E-state index in [0.29, 0.717) is 6.04 Å². The van der Waals surface area contributed by atoms with Gasteiger partial charge < -0.3 is 11.1 Å².